The Morgan fingerprint density at radius 1 is 0.595 bits per heavy atom. The molecule has 2 heterocycles. The average Bonchev–Trinajstić information content (AvgIpc) is 3.22. The molecule has 2 aliphatic rings. The fourth-order valence-corrected chi connectivity index (χ4v) is 4.97. The van der Waals surface area contributed by atoms with E-state index in [1.54, 1.807) is 0 Å². The van der Waals surface area contributed by atoms with Crippen molar-refractivity contribution in [1.82, 2.24) is 0 Å². The van der Waals surface area contributed by atoms with Gasteiger partial charge in [0.05, 0.1) is 17.0 Å². The van der Waals surface area contributed by atoms with E-state index in [1.165, 1.54) is 11.1 Å². The van der Waals surface area contributed by atoms with Crippen LogP contribution in [-0.4, -0.2) is 31.0 Å². The Labute approximate surface area is 222 Å². The van der Waals surface area contributed by atoms with Gasteiger partial charge in [0, 0.05) is 5.46 Å². The third-order valence-corrected chi connectivity index (χ3v) is 8.18. The zero-order valence-corrected chi connectivity index (χ0v) is 23.3. The summed E-state index contributed by atoms with van der Waals surface area (Å²) in [6, 6.07) is 21.2. The summed E-state index contributed by atoms with van der Waals surface area (Å²) >= 11 is 0. The average molecular weight is 494 g/mol. The van der Waals surface area contributed by atoms with Crippen molar-refractivity contribution in [2.75, 3.05) is 0 Å². The van der Waals surface area contributed by atoms with Crippen LogP contribution in [0.25, 0.3) is 22.3 Å². The summed E-state index contributed by atoms with van der Waals surface area (Å²) < 4.78 is 25.8. The van der Waals surface area contributed by atoms with Gasteiger partial charge in [-0.1, -0.05) is 67.2 Å². The molecule has 2 fully saturated rings. The lowest BCUT2D eigenvalue weighted by Gasteiger charge is -2.32. The summed E-state index contributed by atoms with van der Waals surface area (Å²) in [4.78, 5) is 0. The van der Waals surface area contributed by atoms with Crippen LogP contribution >= 0.6 is 0 Å². The van der Waals surface area contributed by atoms with Crippen LogP contribution < -0.4 is 10.9 Å². The van der Waals surface area contributed by atoms with Crippen molar-refractivity contribution in [3.05, 3.63) is 84.1 Å². The van der Waals surface area contributed by atoms with Crippen molar-refractivity contribution in [2.24, 2.45) is 0 Å². The van der Waals surface area contributed by atoms with E-state index >= 15 is 0 Å². The number of aryl methyl sites for hydroxylation is 2. The van der Waals surface area contributed by atoms with Gasteiger partial charge in [-0.3, -0.25) is 0 Å². The molecule has 0 bridgehead atoms. The van der Waals surface area contributed by atoms with Gasteiger partial charge in [0.15, 0.2) is 0 Å². The molecule has 6 heteroatoms. The summed E-state index contributed by atoms with van der Waals surface area (Å²) in [7, 11) is -1.10. The van der Waals surface area contributed by atoms with Crippen molar-refractivity contribution in [2.45, 2.75) is 72.2 Å². The van der Waals surface area contributed by atoms with Gasteiger partial charge in [0.25, 0.3) is 0 Å². The molecular formula is C31H36B2O4. The van der Waals surface area contributed by atoms with Crippen LogP contribution in [0.15, 0.2) is 73.0 Å². The normalized spacial score (nSPS) is 19.8. The molecule has 190 valence electrons. The molecule has 4 nitrogen and oxygen atoms in total. The number of rotatable bonds is 4. The molecule has 2 aliphatic heterocycles. The van der Waals surface area contributed by atoms with E-state index in [9.17, 15) is 0 Å². The highest BCUT2D eigenvalue weighted by Gasteiger charge is 2.53. The highest BCUT2D eigenvalue weighted by Crippen LogP contribution is 2.39. The molecule has 0 saturated carbocycles. The molecule has 0 unspecified atom stereocenters. The third-order valence-electron chi connectivity index (χ3n) is 8.18. The van der Waals surface area contributed by atoms with Crippen LogP contribution in [0.3, 0.4) is 0 Å². The lowest BCUT2D eigenvalue weighted by molar-refractivity contribution is 0.00578. The van der Waals surface area contributed by atoms with Crippen LogP contribution in [0.1, 0.15) is 52.7 Å². The lowest BCUT2D eigenvalue weighted by Crippen LogP contribution is -2.41. The lowest BCUT2D eigenvalue weighted by atomic mass is 9.66. The van der Waals surface area contributed by atoms with Crippen LogP contribution in [0.5, 0.6) is 0 Å². The van der Waals surface area contributed by atoms with Gasteiger partial charge in [-0.15, -0.1) is 0 Å². The van der Waals surface area contributed by atoms with Gasteiger partial charge in [-0.05, 0) is 94.2 Å². The predicted molar refractivity (Wildman–Crippen MR) is 153 cm³/mol. The second-order valence-corrected chi connectivity index (χ2v) is 11.7. The number of hydrogen-bond acceptors (Lipinski definition) is 4. The standard InChI is InChI=1S/C31H36B2O4/c1-20-14-10-12-16-23(20)25-19-28(33-36-30(6,7)31(8,9)37-33)26(24-17-13-11-15-21(24)2)18-27(25)32-34-22(3)29(4,5)35-32/h10-19H,3H2,1-2,4-9H3. The van der Waals surface area contributed by atoms with E-state index in [2.05, 4.69) is 109 Å². The fraction of sp³-hybridized carbons (Fsp3) is 0.355. The fourth-order valence-electron chi connectivity index (χ4n) is 4.97. The van der Waals surface area contributed by atoms with Gasteiger partial charge >= 0.3 is 14.2 Å². The van der Waals surface area contributed by atoms with E-state index in [-0.39, 0.29) is 0 Å². The topological polar surface area (TPSA) is 36.9 Å². The minimum Gasteiger partial charge on any atom is -0.534 e. The first kappa shape index (κ1) is 25.8. The Morgan fingerprint density at radius 2 is 1.03 bits per heavy atom. The summed E-state index contributed by atoms with van der Waals surface area (Å²) in [5, 5.41) is 0. The Hall–Kier alpha value is -2.79. The summed E-state index contributed by atoms with van der Waals surface area (Å²) in [5.41, 5.74) is 7.13. The molecule has 0 radical (unpaired) electrons. The first-order valence-corrected chi connectivity index (χ1v) is 13.0. The van der Waals surface area contributed by atoms with Gasteiger partial charge in [0.2, 0.25) is 0 Å². The molecular weight excluding hydrogens is 458 g/mol. The van der Waals surface area contributed by atoms with Gasteiger partial charge in [-0.2, -0.15) is 0 Å². The Morgan fingerprint density at radius 3 is 1.43 bits per heavy atom. The first-order chi connectivity index (χ1) is 17.3. The largest absolute Gasteiger partial charge is 0.564 e. The molecule has 0 spiro atoms. The van der Waals surface area contributed by atoms with Crippen molar-refractivity contribution in [1.29, 1.82) is 0 Å². The van der Waals surface area contributed by atoms with Crippen molar-refractivity contribution < 1.29 is 18.6 Å². The molecule has 0 amide bonds. The molecule has 5 rings (SSSR count). The van der Waals surface area contributed by atoms with E-state index < -0.39 is 31.0 Å². The molecule has 0 atom stereocenters. The quantitative estimate of drug-likeness (QED) is 0.419. The smallest absolute Gasteiger partial charge is 0.534 e. The van der Waals surface area contributed by atoms with Gasteiger partial charge in [0.1, 0.15) is 5.60 Å². The van der Waals surface area contributed by atoms with E-state index in [0.29, 0.717) is 5.76 Å². The SMILES string of the molecule is C=C1OB(c2cc(-c3ccccc3C)c(B3OC(C)(C)C(C)(C)O3)cc2-c2ccccc2C)OC1(C)C. The van der Waals surface area contributed by atoms with Gasteiger partial charge in [-0.25, -0.2) is 0 Å². The molecule has 2 saturated heterocycles. The summed E-state index contributed by atoms with van der Waals surface area (Å²) in [6.45, 7) is 20.7. The monoisotopic (exact) mass is 494 g/mol. The maximum absolute atomic E-state index is 6.59. The molecule has 37 heavy (non-hydrogen) atoms. The maximum Gasteiger partial charge on any atom is 0.564 e. The van der Waals surface area contributed by atoms with Crippen LogP contribution in [0, 0.1) is 13.8 Å². The summed E-state index contributed by atoms with van der Waals surface area (Å²) in [5.74, 6) is 0.626. The minimum atomic E-state index is -0.582. The number of hydrogen-bond donors (Lipinski definition) is 0. The second kappa shape index (κ2) is 8.90. The van der Waals surface area contributed by atoms with E-state index in [1.807, 2.05) is 13.8 Å². The highest BCUT2D eigenvalue weighted by atomic mass is 16.7. The third kappa shape index (κ3) is 4.46. The zero-order valence-electron chi connectivity index (χ0n) is 23.3. The Balaban J connectivity index is 1.79. The van der Waals surface area contributed by atoms with Crippen molar-refractivity contribution in [3.8, 4) is 22.3 Å². The molecule has 0 aromatic heterocycles. The van der Waals surface area contributed by atoms with E-state index in [0.717, 1.165) is 33.2 Å². The first-order valence-electron chi connectivity index (χ1n) is 13.0. The summed E-state index contributed by atoms with van der Waals surface area (Å²) in [6.07, 6.45) is 0. The second-order valence-electron chi connectivity index (χ2n) is 11.7. The zero-order chi connectivity index (χ0) is 26.8. The van der Waals surface area contributed by atoms with E-state index in [4.69, 9.17) is 18.6 Å². The Kier molecular flexibility index (Phi) is 6.22. The molecule has 3 aromatic rings. The van der Waals surface area contributed by atoms with Crippen molar-refractivity contribution in [3.63, 3.8) is 0 Å². The molecule has 0 N–H and O–H groups in total. The minimum absolute atomic E-state index is 0.457. The highest BCUT2D eigenvalue weighted by molar-refractivity contribution is 6.67. The predicted octanol–water partition coefficient (Wildman–Crippen LogP) is 5.97. The van der Waals surface area contributed by atoms with Crippen LogP contribution in [0.4, 0.5) is 0 Å². The van der Waals surface area contributed by atoms with Crippen LogP contribution in [-0.2, 0) is 18.6 Å². The molecule has 3 aromatic carbocycles. The Bertz CT molecular complexity index is 1360. The number of benzene rings is 3. The van der Waals surface area contributed by atoms with Crippen molar-refractivity contribution >= 4 is 25.2 Å². The van der Waals surface area contributed by atoms with Crippen LogP contribution in [0.2, 0.25) is 0 Å². The maximum atomic E-state index is 6.59. The van der Waals surface area contributed by atoms with Gasteiger partial charge < -0.3 is 18.6 Å². The molecule has 0 aliphatic carbocycles.